The molecule has 5 nitrogen and oxygen atoms in total. The van der Waals surface area contributed by atoms with Gasteiger partial charge in [-0.25, -0.2) is 4.98 Å². The number of imidazole rings is 1. The first-order chi connectivity index (χ1) is 13.5. The fourth-order valence-corrected chi connectivity index (χ4v) is 2.93. The molecule has 3 rings (SSSR count). The third-order valence-corrected chi connectivity index (χ3v) is 4.16. The van der Waals surface area contributed by atoms with Crippen LogP contribution in [0.4, 0.5) is 8.78 Å². The first kappa shape index (κ1) is 19.8. The highest BCUT2D eigenvalue weighted by atomic mass is 19.3. The minimum atomic E-state index is -2.90. The molecule has 0 spiro atoms. The largest absolute Gasteiger partial charge is 0.434 e. The Balaban J connectivity index is 2.01. The van der Waals surface area contributed by atoms with E-state index in [0.717, 1.165) is 11.0 Å². The minimum absolute atomic E-state index is 0.116. The van der Waals surface area contributed by atoms with Crippen LogP contribution >= 0.6 is 0 Å². The summed E-state index contributed by atoms with van der Waals surface area (Å²) in [6, 6.07) is 14.0. The van der Waals surface area contributed by atoms with Gasteiger partial charge in [-0.1, -0.05) is 32.0 Å². The number of aromatic nitrogens is 2. The highest BCUT2D eigenvalue weighted by molar-refractivity contribution is 5.78. The number of alkyl halides is 2. The number of benzene rings is 2. The highest BCUT2D eigenvalue weighted by Crippen LogP contribution is 2.25. The molecular formula is C21H21F2N3O2. The van der Waals surface area contributed by atoms with Gasteiger partial charge in [0.05, 0.1) is 29.2 Å². The van der Waals surface area contributed by atoms with Crippen LogP contribution in [0.15, 0.2) is 42.5 Å². The van der Waals surface area contributed by atoms with Crippen LogP contribution in [-0.2, 0) is 17.9 Å². The van der Waals surface area contributed by atoms with Crippen molar-refractivity contribution in [2.24, 2.45) is 5.92 Å². The summed E-state index contributed by atoms with van der Waals surface area (Å²) < 4.78 is 37.8. The number of fused-ring (bicyclic) bond motifs is 1. The Morgan fingerprint density at radius 3 is 2.68 bits per heavy atom. The number of hydrogen-bond donors (Lipinski definition) is 0. The van der Waals surface area contributed by atoms with Crippen molar-refractivity contribution < 1.29 is 18.3 Å². The molecule has 0 saturated heterocycles. The predicted molar refractivity (Wildman–Crippen MR) is 101 cm³/mol. The lowest BCUT2D eigenvalue weighted by molar-refractivity contribution is -0.0504. The third kappa shape index (κ3) is 4.65. The van der Waals surface area contributed by atoms with Gasteiger partial charge in [0.15, 0.2) is 0 Å². The van der Waals surface area contributed by atoms with Crippen LogP contribution in [0.3, 0.4) is 0 Å². The maximum atomic E-state index is 12.8. The lowest BCUT2D eigenvalue weighted by Gasteiger charge is -2.14. The van der Waals surface area contributed by atoms with Crippen molar-refractivity contribution in [2.75, 3.05) is 6.61 Å². The molecule has 0 aliphatic rings. The molecule has 1 heterocycles. The van der Waals surface area contributed by atoms with Crippen LogP contribution in [-0.4, -0.2) is 22.8 Å². The second-order valence-corrected chi connectivity index (χ2v) is 6.82. The fraction of sp³-hybridized carbons (Fsp3) is 0.333. The molecule has 0 aliphatic heterocycles. The molecule has 0 N–H and O–H groups in total. The number of para-hydroxylation sites is 1. The average Bonchev–Trinajstić information content (AvgIpc) is 2.99. The van der Waals surface area contributed by atoms with Crippen molar-refractivity contribution in [1.29, 1.82) is 5.26 Å². The summed E-state index contributed by atoms with van der Waals surface area (Å²) in [6.45, 7) is 2.35. The van der Waals surface area contributed by atoms with E-state index in [4.69, 9.17) is 4.74 Å². The summed E-state index contributed by atoms with van der Waals surface area (Å²) >= 11 is 0. The standard InChI is InChI=1S/C21H21F2N3O2/c1-14(2)12-27-13-20-25-17-8-7-15(10-24)9-18(17)26(20)11-16-5-3-4-6-19(16)28-21(22)23/h3-9,14,21H,11-13H2,1-2H3. The second-order valence-electron chi connectivity index (χ2n) is 6.82. The van der Waals surface area contributed by atoms with E-state index in [1.165, 1.54) is 6.07 Å². The number of hydrogen-bond acceptors (Lipinski definition) is 4. The minimum Gasteiger partial charge on any atom is -0.434 e. The zero-order valence-corrected chi connectivity index (χ0v) is 15.7. The predicted octanol–water partition coefficient (Wildman–Crippen LogP) is 4.73. The van der Waals surface area contributed by atoms with Crippen molar-refractivity contribution in [3.05, 3.63) is 59.4 Å². The summed E-state index contributed by atoms with van der Waals surface area (Å²) in [6.07, 6.45) is 0. The first-order valence-electron chi connectivity index (χ1n) is 8.97. The molecule has 0 fully saturated rings. The molecule has 2 aromatic carbocycles. The second kappa shape index (κ2) is 8.81. The van der Waals surface area contributed by atoms with Crippen molar-refractivity contribution in [3.63, 3.8) is 0 Å². The number of halogens is 2. The molecule has 0 amide bonds. The molecule has 7 heteroatoms. The molecule has 146 valence electrons. The van der Waals surface area contributed by atoms with Gasteiger partial charge in [0, 0.05) is 12.2 Å². The third-order valence-electron chi connectivity index (χ3n) is 4.16. The van der Waals surface area contributed by atoms with Gasteiger partial charge in [0.25, 0.3) is 0 Å². The fourth-order valence-electron chi connectivity index (χ4n) is 2.93. The van der Waals surface area contributed by atoms with Crippen molar-refractivity contribution in [3.8, 4) is 11.8 Å². The van der Waals surface area contributed by atoms with Gasteiger partial charge in [-0.2, -0.15) is 14.0 Å². The van der Waals surface area contributed by atoms with E-state index in [2.05, 4.69) is 29.6 Å². The summed E-state index contributed by atoms with van der Waals surface area (Å²) in [4.78, 5) is 4.61. The quantitative estimate of drug-likeness (QED) is 0.562. The van der Waals surface area contributed by atoms with Gasteiger partial charge in [0.2, 0.25) is 0 Å². The highest BCUT2D eigenvalue weighted by Gasteiger charge is 2.16. The van der Waals surface area contributed by atoms with Gasteiger partial charge >= 0.3 is 6.61 Å². The van der Waals surface area contributed by atoms with Crippen molar-refractivity contribution >= 4 is 11.0 Å². The lowest BCUT2D eigenvalue weighted by atomic mass is 10.2. The summed E-state index contributed by atoms with van der Waals surface area (Å²) in [5.74, 6) is 1.16. The Morgan fingerprint density at radius 2 is 1.96 bits per heavy atom. The Labute approximate surface area is 162 Å². The molecule has 0 atom stereocenters. The van der Waals surface area contributed by atoms with E-state index in [0.29, 0.717) is 29.5 Å². The topological polar surface area (TPSA) is 60.1 Å². The van der Waals surface area contributed by atoms with Gasteiger partial charge < -0.3 is 14.0 Å². The zero-order chi connectivity index (χ0) is 20.1. The molecule has 28 heavy (non-hydrogen) atoms. The van der Waals surface area contributed by atoms with Crippen LogP contribution < -0.4 is 4.74 Å². The summed E-state index contributed by atoms with van der Waals surface area (Å²) in [5, 5.41) is 9.22. The SMILES string of the molecule is CC(C)COCc1nc2ccc(C#N)cc2n1Cc1ccccc1OC(F)F. The average molecular weight is 385 g/mol. The van der Waals surface area contributed by atoms with Crippen LogP contribution in [0.2, 0.25) is 0 Å². The van der Waals surface area contributed by atoms with Gasteiger partial charge in [-0.15, -0.1) is 0 Å². The van der Waals surface area contributed by atoms with Crippen LogP contribution in [0.1, 0.15) is 30.8 Å². The van der Waals surface area contributed by atoms with Crippen LogP contribution in [0.25, 0.3) is 11.0 Å². The van der Waals surface area contributed by atoms with Gasteiger partial charge in [-0.3, -0.25) is 0 Å². The summed E-state index contributed by atoms with van der Waals surface area (Å²) in [5.41, 5.74) is 2.55. The van der Waals surface area contributed by atoms with Crippen molar-refractivity contribution in [2.45, 2.75) is 33.6 Å². The Hall–Kier alpha value is -2.98. The Morgan fingerprint density at radius 1 is 1.18 bits per heavy atom. The number of ether oxygens (including phenoxy) is 2. The number of rotatable bonds is 8. The van der Waals surface area contributed by atoms with E-state index in [9.17, 15) is 14.0 Å². The molecule has 0 radical (unpaired) electrons. The zero-order valence-electron chi connectivity index (χ0n) is 15.7. The van der Waals surface area contributed by atoms with E-state index in [-0.39, 0.29) is 18.9 Å². The maximum absolute atomic E-state index is 12.8. The number of nitriles is 1. The summed E-state index contributed by atoms with van der Waals surface area (Å²) in [7, 11) is 0. The normalized spacial score (nSPS) is 11.3. The van der Waals surface area contributed by atoms with Crippen LogP contribution in [0.5, 0.6) is 5.75 Å². The molecule has 0 unspecified atom stereocenters. The van der Waals surface area contributed by atoms with Gasteiger partial charge in [0.1, 0.15) is 18.2 Å². The lowest BCUT2D eigenvalue weighted by Crippen LogP contribution is -2.11. The number of nitrogens with zero attached hydrogens (tertiary/aromatic N) is 3. The monoisotopic (exact) mass is 385 g/mol. The van der Waals surface area contributed by atoms with Crippen molar-refractivity contribution in [1.82, 2.24) is 9.55 Å². The molecule has 0 aliphatic carbocycles. The van der Waals surface area contributed by atoms with E-state index < -0.39 is 6.61 Å². The van der Waals surface area contributed by atoms with Gasteiger partial charge in [-0.05, 0) is 30.2 Å². The van der Waals surface area contributed by atoms with E-state index >= 15 is 0 Å². The van der Waals surface area contributed by atoms with E-state index in [1.54, 1.807) is 36.4 Å². The molecule has 1 aromatic heterocycles. The maximum Gasteiger partial charge on any atom is 0.387 e. The smallest absolute Gasteiger partial charge is 0.387 e. The molecule has 0 saturated carbocycles. The Bertz CT molecular complexity index is 993. The molecule has 3 aromatic rings. The van der Waals surface area contributed by atoms with E-state index in [1.807, 2.05) is 4.57 Å². The molecular weight excluding hydrogens is 364 g/mol. The Kier molecular flexibility index (Phi) is 6.22. The first-order valence-corrected chi connectivity index (χ1v) is 8.97. The van der Waals surface area contributed by atoms with Crippen LogP contribution in [0, 0.1) is 17.2 Å². The molecule has 0 bridgehead atoms.